The Morgan fingerprint density at radius 3 is 1.37 bits per heavy atom. The zero-order chi connectivity index (χ0) is 23.5. The molecule has 0 aliphatic carbocycles. The van der Waals surface area contributed by atoms with Crippen LogP contribution in [-0.2, 0) is 0 Å². The predicted molar refractivity (Wildman–Crippen MR) is 148 cm³/mol. The molecule has 0 spiro atoms. The molecule has 0 N–H and O–H groups in total. The van der Waals surface area contributed by atoms with E-state index in [2.05, 4.69) is 124 Å². The summed E-state index contributed by atoms with van der Waals surface area (Å²) in [5, 5.41) is 10.6. The van der Waals surface area contributed by atoms with Crippen molar-refractivity contribution in [2.24, 2.45) is 10.2 Å². The maximum absolute atomic E-state index is 5.36. The minimum Gasteiger partial charge on any atom is -0.350 e. The summed E-state index contributed by atoms with van der Waals surface area (Å²) in [5.41, 5.74) is 3.52. The second-order valence-corrected chi connectivity index (χ2v) is 32.2. The van der Waals surface area contributed by atoms with Gasteiger partial charge in [0.2, 0.25) is 0 Å². The molecule has 0 saturated heterocycles. The Morgan fingerprint density at radius 2 is 1.00 bits per heavy atom. The fourth-order valence-electron chi connectivity index (χ4n) is 4.01. The number of rotatable bonds is 9. The van der Waals surface area contributed by atoms with Crippen LogP contribution in [0.25, 0.3) is 0 Å². The van der Waals surface area contributed by atoms with Gasteiger partial charge in [0.25, 0.3) is 0 Å². The van der Waals surface area contributed by atoms with Crippen molar-refractivity contribution in [3.05, 3.63) is 35.9 Å². The summed E-state index contributed by atoms with van der Waals surface area (Å²) in [5.74, 6) is 0. The van der Waals surface area contributed by atoms with Gasteiger partial charge in [-0.3, -0.25) is 0 Å². The van der Waals surface area contributed by atoms with Crippen molar-refractivity contribution < 1.29 is 0 Å². The Kier molecular flexibility index (Phi) is 8.72. The van der Waals surface area contributed by atoms with Gasteiger partial charge < -0.3 is 8.68 Å². The van der Waals surface area contributed by atoms with E-state index in [1.807, 2.05) is 0 Å². The predicted octanol–water partition coefficient (Wildman–Crippen LogP) is 7.10. The summed E-state index contributed by atoms with van der Waals surface area (Å²) in [6.45, 7) is 30.9. The smallest absolute Gasteiger partial charge is 0.158 e. The minimum absolute atomic E-state index is 0.793. The van der Waals surface area contributed by atoms with Crippen molar-refractivity contribution in [2.45, 2.75) is 91.9 Å². The van der Waals surface area contributed by atoms with E-state index >= 15 is 0 Å². The van der Waals surface area contributed by atoms with E-state index < -0.39 is 32.9 Å². The standard InChI is InChI=1S/C22H46N4Si4/c1-20(23-25(27(2,3)4)28(5,6)7)19-22(21-17-15-14-16-18-21)24-26(29(8,9)10)30(11,12)13/h14-18H,19H2,1-13H3. The van der Waals surface area contributed by atoms with E-state index in [0.717, 1.165) is 17.8 Å². The van der Waals surface area contributed by atoms with Crippen LogP contribution in [0.1, 0.15) is 18.9 Å². The molecule has 1 aromatic carbocycles. The minimum atomic E-state index is -1.59. The average molecular weight is 479 g/mol. The molecule has 0 unspecified atom stereocenters. The van der Waals surface area contributed by atoms with E-state index in [1.165, 1.54) is 5.56 Å². The van der Waals surface area contributed by atoms with Crippen molar-refractivity contribution in [1.82, 2.24) is 8.68 Å². The highest BCUT2D eigenvalue weighted by molar-refractivity contribution is 6.90. The first kappa shape index (κ1) is 27.1. The number of hydrogen-bond donors (Lipinski definition) is 0. The van der Waals surface area contributed by atoms with Crippen LogP contribution in [-0.4, -0.2) is 53.0 Å². The van der Waals surface area contributed by atoms with Gasteiger partial charge in [-0.25, -0.2) is 5.10 Å². The highest BCUT2D eigenvalue weighted by atomic mass is 28.4. The Labute approximate surface area is 190 Å². The highest BCUT2D eigenvalue weighted by Crippen LogP contribution is 2.23. The second-order valence-electron chi connectivity index (χ2n) is 12.2. The first-order valence-corrected chi connectivity index (χ1v) is 24.9. The number of benzene rings is 1. The zero-order valence-electron chi connectivity index (χ0n) is 21.9. The first-order valence-electron chi connectivity index (χ1n) is 11.1. The molecule has 0 radical (unpaired) electrons. The molecule has 0 bridgehead atoms. The molecule has 170 valence electrons. The average Bonchev–Trinajstić information content (AvgIpc) is 2.52. The molecule has 1 rings (SSSR count). The summed E-state index contributed by atoms with van der Waals surface area (Å²) in [6.07, 6.45) is 0.793. The number of nitrogens with zero attached hydrogens (tertiary/aromatic N) is 4. The number of hydrazone groups is 2. The van der Waals surface area contributed by atoms with Gasteiger partial charge in [0, 0.05) is 12.1 Å². The van der Waals surface area contributed by atoms with Gasteiger partial charge in [0.1, 0.15) is 0 Å². The van der Waals surface area contributed by atoms with Gasteiger partial charge in [-0.05, 0) is 12.5 Å². The molecule has 30 heavy (non-hydrogen) atoms. The molecule has 0 aromatic heterocycles. The molecule has 0 aliphatic rings. The molecule has 1 aromatic rings. The van der Waals surface area contributed by atoms with Crippen LogP contribution in [0.3, 0.4) is 0 Å². The van der Waals surface area contributed by atoms with Crippen molar-refractivity contribution in [1.29, 1.82) is 0 Å². The maximum atomic E-state index is 5.36. The van der Waals surface area contributed by atoms with Crippen LogP contribution in [0.2, 0.25) is 78.6 Å². The van der Waals surface area contributed by atoms with Gasteiger partial charge in [0.05, 0.1) is 5.71 Å². The van der Waals surface area contributed by atoms with E-state index in [0.29, 0.717) is 0 Å². The Balaban J connectivity index is 3.48. The van der Waals surface area contributed by atoms with Crippen molar-refractivity contribution >= 4 is 44.4 Å². The lowest BCUT2D eigenvalue weighted by molar-refractivity contribution is 0.659. The summed E-state index contributed by atoms with van der Waals surface area (Å²) in [6, 6.07) is 10.7. The molecule has 0 heterocycles. The number of hydrogen-bond acceptors (Lipinski definition) is 4. The SMILES string of the molecule is CC(CC(=NN([Si](C)(C)C)[Si](C)(C)C)c1ccccc1)=NN([Si](C)(C)C)[Si](C)(C)C. The molecule has 0 fully saturated rings. The largest absolute Gasteiger partial charge is 0.350 e. The summed E-state index contributed by atoms with van der Waals surface area (Å²) in [4.78, 5) is 0. The van der Waals surface area contributed by atoms with E-state index in [4.69, 9.17) is 10.2 Å². The molecule has 0 amide bonds. The summed E-state index contributed by atoms with van der Waals surface area (Å²) >= 11 is 0. The van der Waals surface area contributed by atoms with E-state index in [-0.39, 0.29) is 0 Å². The van der Waals surface area contributed by atoms with Crippen molar-refractivity contribution in [3.8, 4) is 0 Å². The van der Waals surface area contributed by atoms with Crippen LogP contribution >= 0.6 is 0 Å². The third kappa shape index (κ3) is 8.28. The Bertz CT molecular complexity index is 721. The molecular formula is C22H46N4Si4. The third-order valence-corrected chi connectivity index (χ3v) is 18.1. The fraction of sp³-hybridized carbons (Fsp3) is 0.636. The lowest BCUT2D eigenvalue weighted by Crippen LogP contribution is -2.56. The van der Waals surface area contributed by atoms with Crippen LogP contribution < -0.4 is 0 Å². The van der Waals surface area contributed by atoms with Crippen LogP contribution in [0.15, 0.2) is 40.5 Å². The normalized spacial score (nSPS) is 14.7. The lowest BCUT2D eigenvalue weighted by Gasteiger charge is -2.42. The molecular weight excluding hydrogens is 433 g/mol. The molecule has 0 atom stereocenters. The van der Waals surface area contributed by atoms with Crippen LogP contribution in [0.5, 0.6) is 0 Å². The van der Waals surface area contributed by atoms with E-state index in [1.54, 1.807) is 0 Å². The molecule has 8 heteroatoms. The first-order chi connectivity index (χ1) is 13.3. The van der Waals surface area contributed by atoms with E-state index in [9.17, 15) is 0 Å². The van der Waals surface area contributed by atoms with Crippen LogP contribution in [0, 0.1) is 0 Å². The third-order valence-electron chi connectivity index (χ3n) is 4.56. The van der Waals surface area contributed by atoms with Crippen molar-refractivity contribution in [2.75, 3.05) is 0 Å². The van der Waals surface area contributed by atoms with Gasteiger partial charge in [-0.1, -0.05) is 109 Å². The topological polar surface area (TPSA) is 31.2 Å². The van der Waals surface area contributed by atoms with Crippen LogP contribution in [0.4, 0.5) is 0 Å². The van der Waals surface area contributed by atoms with Gasteiger partial charge in [0.15, 0.2) is 32.9 Å². The highest BCUT2D eigenvalue weighted by Gasteiger charge is 2.35. The zero-order valence-corrected chi connectivity index (χ0v) is 25.9. The maximum Gasteiger partial charge on any atom is 0.158 e. The molecule has 0 aliphatic heterocycles. The molecule has 0 saturated carbocycles. The van der Waals surface area contributed by atoms with Gasteiger partial charge in [-0.15, -0.1) is 0 Å². The lowest BCUT2D eigenvalue weighted by atomic mass is 10.1. The quantitative estimate of drug-likeness (QED) is 0.215. The van der Waals surface area contributed by atoms with Gasteiger partial charge in [-0.2, -0.15) is 5.10 Å². The van der Waals surface area contributed by atoms with Gasteiger partial charge >= 0.3 is 0 Å². The van der Waals surface area contributed by atoms with Crippen molar-refractivity contribution in [3.63, 3.8) is 0 Å². The summed E-state index contributed by atoms with van der Waals surface area (Å²) < 4.78 is 5.02. The summed E-state index contributed by atoms with van der Waals surface area (Å²) in [7, 11) is -6.25. The molecule has 4 nitrogen and oxygen atoms in total. The second kappa shape index (κ2) is 9.66. The monoisotopic (exact) mass is 478 g/mol. The Morgan fingerprint density at radius 1 is 0.633 bits per heavy atom. The fourth-order valence-corrected chi connectivity index (χ4v) is 21.9. The Hall–Kier alpha value is -0.972.